The van der Waals surface area contributed by atoms with Crippen molar-refractivity contribution in [2.24, 2.45) is 5.41 Å². The number of methoxy groups -OCH3 is 1. The highest BCUT2D eigenvalue weighted by atomic mass is 35.5. The van der Waals surface area contributed by atoms with Crippen LogP contribution in [0.15, 0.2) is 18.2 Å². The number of hydrogen-bond acceptors (Lipinski definition) is 4. The molecule has 0 fully saturated rings. The summed E-state index contributed by atoms with van der Waals surface area (Å²) in [6, 6.07) is 5.79. The van der Waals surface area contributed by atoms with E-state index < -0.39 is 0 Å². The van der Waals surface area contributed by atoms with Crippen molar-refractivity contribution < 1.29 is 14.3 Å². The topological polar surface area (TPSA) is 59.6 Å². The molecule has 162 valence electrons. The van der Waals surface area contributed by atoms with Crippen LogP contribution < -0.4 is 20.1 Å². The molecule has 28 heavy (non-hydrogen) atoms. The van der Waals surface area contributed by atoms with Crippen LogP contribution in [0.1, 0.15) is 67.4 Å². The molecule has 0 aliphatic rings. The molecule has 0 saturated carbocycles. The number of carbonyl (C=O) groups is 1. The smallest absolute Gasteiger partial charge is 0.258 e. The number of rotatable bonds is 8. The number of hydrogen-bond donors (Lipinski definition) is 2. The molecule has 1 aromatic carbocycles. The number of halogens is 1. The zero-order valence-corrected chi connectivity index (χ0v) is 19.8. The number of ether oxygens (including phenoxy) is 2. The van der Waals surface area contributed by atoms with E-state index in [1.807, 2.05) is 39.0 Å². The highest BCUT2D eigenvalue weighted by Gasteiger charge is 2.25. The number of nitrogens with one attached hydrogen (secondary N) is 2. The molecule has 0 heterocycles. The molecular formula is C22H39ClN2O3. The second-order valence-corrected chi connectivity index (χ2v) is 10.0. The van der Waals surface area contributed by atoms with Gasteiger partial charge in [-0.25, -0.2) is 0 Å². The van der Waals surface area contributed by atoms with Crippen molar-refractivity contribution in [3.05, 3.63) is 23.8 Å². The normalized spacial score (nSPS) is 12.2. The molecule has 1 rings (SSSR count). The minimum Gasteiger partial charge on any atom is -0.493 e. The standard InChI is InChI=1S/C22H38N2O3.ClH/c1-20(2,3)15-22(7,8)23-13-16-11-10-12-17(26-9)19(16)27-14-18(25)24-21(4,5)6;/h10-12,23H,13-15H2,1-9H3,(H,24,25);1H. The zero-order valence-electron chi connectivity index (χ0n) is 19.0. The largest absolute Gasteiger partial charge is 0.493 e. The second-order valence-electron chi connectivity index (χ2n) is 10.0. The maximum absolute atomic E-state index is 12.1. The lowest BCUT2D eigenvalue weighted by molar-refractivity contribution is -0.124. The monoisotopic (exact) mass is 414 g/mol. The number of para-hydroxylation sites is 1. The van der Waals surface area contributed by atoms with E-state index in [-0.39, 0.29) is 41.4 Å². The Labute approximate surface area is 177 Å². The maximum Gasteiger partial charge on any atom is 0.258 e. The van der Waals surface area contributed by atoms with Crippen LogP contribution in [0.2, 0.25) is 0 Å². The van der Waals surface area contributed by atoms with Gasteiger partial charge in [0.25, 0.3) is 5.91 Å². The number of amides is 1. The van der Waals surface area contributed by atoms with Crippen LogP contribution >= 0.6 is 12.4 Å². The Balaban J connectivity index is 0.00000729. The van der Waals surface area contributed by atoms with Gasteiger partial charge in [0.05, 0.1) is 7.11 Å². The summed E-state index contributed by atoms with van der Waals surface area (Å²) in [7, 11) is 1.61. The van der Waals surface area contributed by atoms with Crippen molar-refractivity contribution in [3.8, 4) is 11.5 Å². The predicted octanol–water partition coefficient (Wildman–Crippen LogP) is 4.71. The van der Waals surface area contributed by atoms with E-state index in [2.05, 4.69) is 45.3 Å². The van der Waals surface area contributed by atoms with Crippen LogP contribution in [-0.4, -0.2) is 30.7 Å². The molecule has 0 spiro atoms. The molecule has 0 aliphatic carbocycles. The summed E-state index contributed by atoms with van der Waals surface area (Å²) < 4.78 is 11.3. The summed E-state index contributed by atoms with van der Waals surface area (Å²) in [5.74, 6) is 1.09. The summed E-state index contributed by atoms with van der Waals surface area (Å²) >= 11 is 0. The van der Waals surface area contributed by atoms with Crippen molar-refractivity contribution in [3.63, 3.8) is 0 Å². The minimum atomic E-state index is -0.289. The van der Waals surface area contributed by atoms with Crippen LogP contribution in [0.25, 0.3) is 0 Å². The molecule has 1 amide bonds. The first-order chi connectivity index (χ1) is 12.2. The zero-order chi connectivity index (χ0) is 20.9. The maximum atomic E-state index is 12.1. The lowest BCUT2D eigenvalue weighted by Gasteiger charge is -2.33. The SMILES string of the molecule is COc1cccc(CNC(C)(C)CC(C)(C)C)c1OCC(=O)NC(C)(C)C.Cl. The van der Waals surface area contributed by atoms with E-state index in [0.717, 1.165) is 12.0 Å². The van der Waals surface area contributed by atoms with Crippen LogP contribution in [-0.2, 0) is 11.3 Å². The molecule has 5 nitrogen and oxygen atoms in total. The van der Waals surface area contributed by atoms with Gasteiger partial charge in [-0.2, -0.15) is 0 Å². The van der Waals surface area contributed by atoms with E-state index in [1.54, 1.807) is 7.11 Å². The minimum absolute atomic E-state index is 0. The Hall–Kier alpha value is -1.46. The molecule has 0 aromatic heterocycles. The summed E-state index contributed by atoms with van der Waals surface area (Å²) in [6.07, 6.45) is 1.04. The first-order valence-corrected chi connectivity index (χ1v) is 9.57. The fourth-order valence-corrected chi connectivity index (χ4v) is 3.34. The molecule has 0 bridgehead atoms. The van der Waals surface area contributed by atoms with Gasteiger partial charge in [0.2, 0.25) is 0 Å². The molecule has 1 aromatic rings. The Bertz CT molecular complexity index is 632. The summed E-state index contributed by atoms with van der Waals surface area (Å²) in [5.41, 5.74) is 0.889. The molecule has 6 heteroatoms. The van der Waals surface area contributed by atoms with Crippen LogP contribution in [0.4, 0.5) is 0 Å². The van der Waals surface area contributed by atoms with Crippen molar-refractivity contribution in [2.75, 3.05) is 13.7 Å². The van der Waals surface area contributed by atoms with E-state index in [4.69, 9.17) is 9.47 Å². The highest BCUT2D eigenvalue weighted by molar-refractivity contribution is 5.85. The second kappa shape index (κ2) is 10.4. The fourth-order valence-electron chi connectivity index (χ4n) is 3.34. The lowest BCUT2D eigenvalue weighted by atomic mass is 9.82. The predicted molar refractivity (Wildman–Crippen MR) is 119 cm³/mol. The van der Waals surface area contributed by atoms with Gasteiger partial charge >= 0.3 is 0 Å². The molecule has 0 unspecified atom stereocenters. The molecular weight excluding hydrogens is 376 g/mol. The van der Waals surface area contributed by atoms with Crippen molar-refractivity contribution in [1.29, 1.82) is 0 Å². The van der Waals surface area contributed by atoms with Gasteiger partial charge in [-0.1, -0.05) is 32.9 Å². The lowest BCUT2D eigenvalue weighted by Crippen LogP contribution is -2.43. The van der Waals surface area contributed by atoms with Crippen molar-refractivity contribution >= 4 is 18.3 Å². The molecule has 0 atom stereocenters. The Morgan fingerprint density at radius 1 is 1.04 bits per heavy atom. The van der Waals surface area contributed by atoms with E-state index in [0.29, 0.717) is 18.0 Å². The fraction of sp³-hybridized carbons (Fsp3) is 0.682. The number of carbonyl (C=O) groups excluding carboxylic acids is 1. The van der Waals surface area contributed by atoms with Gasteiger partial charge in [-0.05, 0) is 52.5 Å². The van der Waals surface area contributed by atoms with E-state index in [1.165, 1.54) is 0 Å². The van der Waals surface area contributed by atoms with Gasteiger partial charge in [0.1, 0.15) is 0 Å². The Kier molecular flexibility index (Phi) is 9.81. The van der Waals surface area contributed by atoms with Crippen molar-refractivity contribution in [1.82, 2.24) is 10.6 Å². The van der Waals surface area contributed by atoms with Crippen molar-refractivity contribution in [2.45, 2.75) is 79.4 Å². The summed E-state index contributed by atoms with van der Waals surface area (Å²) in [6.45, 7) is 17.6. The molecule has 0 aliphatic heterocycles. The quantitative estimate of drug-likeness (QED) is 0.646. The van der Waals surface area contributed by atoms with E-state index >= 15 is 0 Å². The molecule has 2 N–H and O–H groups in total. The average Bonchev–Trinajstić information content (AvgIpc) is 2.47. The summed E-state index contributed by atoms with van der Waals surface area (Å²) in [4.78, 5) is 12.1. The van der Waals surface area contributed by atoms with Gasteiger partial charge in [0, 0.05) is 23.2 Å². The van der Waals surface area contributed by atoms with E-state index in [9.17, 15) is 4.79 Å². The third-order valence-corrected chi connectivity index (χ3v) is 3.87. The van der Waals surface area contributed by atoms with Crippen LogP contribution in [0.3, 0.4) is 0 Å². The first-order valence-electron chi connectivity index (χ1n) is 9.57. The van der Waals surface area contributed by atoms with Crippen LogP contribution in [0, 0.1) is 5.41 Å². The Morgan fingerprint density at radius 3 is 2.14 bits per heavy atom. The van der Waals surface area contributed by atoms with Gasteiger partial charge in [-0.15, -0.1) is 12.4 Å². The number of benzene rings is 1. The van der Waals surface area contributed by atoms with Gasteiger partial charge in [-0.3, -0.25) is 4.79 Å². The van der Waals surface area contributed by atoms with Gasteiger partial charge in [0.15, 0.2) is 18.1 Å². The molecule has 0 saturated heterocycles. The summed E-state index contributed by atoms with van der Waals surface area (Å²) in [5, 5.41) is 6.52. The molecule has 0 radical (unpaired) electrons. The third-order valence-electron chi connectivity index (χ3n) is 3.87. The Morgan fingerprint density at radius 2 is 1.64 bits per heavy atom. The third kappa shape index (κ3) is 10.2. The average molecular weight is 415 g/mol. The van der Waals surface area contributed by atoms with Gasteiger partial charge < -0.3 is 20.1 Å². The highest BCUT2D eigenvalue weighted by Crippen LogP contribution is 2.32. The van der Waals surface area contributed by atoms with Crippen LogP contribution in [0.5, 0.6) is 11.5 Å². The first kappa shape index (κ1) is 26.5.